The molecule has 2 aromatic heterocycles. The first-order valence-electron chi connectivity index (χ1n) is 13.2. The minimum absolute atomic E-state index is 0.0777. The number of aliphatic hydroxyl groups excluding tert-OH is 2. The number of likely N-dealkylation sites (tertiary alicyclic amines) is 1. The summed E-state index contributed by atoms with van der Waals surface area (Å²) >= 11 is 0. The molecule has 3 saturated heterocycles. The van der Waals surface area contributed by atoms with E-state index in [1.54, 1.807) is 11.8 Å². The molecule has 3 aliphatic heterocycles. The average Bonchev–Trinajstić information content (AvgIpc) is 3.61. The van der Waals surface area contributed by atoms with Crippen molar-refractivity contribution in [1.82, 2.24) is 35.1 Å². The molecule has 3 aliphatic rings. The van der Waals surface area contributed by atoms with Gasteiger partial charge in [-0.25, -0.2) is 19.7 Å². The maximum Gasteiger partial charge on any atom is 0.409 e. The fourth-order valence-corrected chi connectivity index (χ4v) is 5.29. The number of aromatic nitrogens is 4. The van der Waals surface area contributed by atoms with Crippen LogP contribution in [0.1, 0.15) is 38.2 Å². The third kappa shape index (κ3) is 5.46. The molecule has 3 unspecified atom stereocenters. The second-order valence-electron chi connectivity index (χ2n) is 10.2. The standard InChI is InChI=1S/C24H34N8O7/c1-2-26-22(36)18-16(33)17(34)23(39-18)32-11-28-15-19(25)29-14(30-20(15)32)9-12-4-7-31(8-5-12)24(37)38-10-13-3-6-27-21(13)35/h11-13,16-18,23,33-34H,2-10H2,1H3,(H,26,36)(H,27,35)(H2,25,29,30)/t13?,16?,17?,18-,23+/m0/s1. The van der Waals surface area contributed by atoms with Crippen LogP contribution >= 0.6 is 0 Å². The molecule has 5 atom stereocenters. The maximum atomic E-state index is 12.4. The van der Waals surface area contributed by atoms with Gasteiger partial charge in [0.15, 0.2) is 23.8 Å². The number of piperidine rings is 1. The van der Waals surface area contributed by atoms with Crippen LogP contribution in [0.4, 0.5) is 10.6 Å². The van der Waals surface area contributed by atoms with Crippen LogP contribution in [0.3, 0.4) is 0 Å². The van der Waals surface area contributed by atoms with Gasteiger partial charge in [-0.3, -0.25) is 14.2 Å². The number of aliphatic hydroxyl groups is 2. The molecule has 3 fully saturated rings. The van der Waals surface area contributed by atoms with Crippen molar-refractivity contribution in [3.63, 3.8) is 0 Å². The number of nitrogens with two attached hydrogens (primary N) is 1. The fourth-order valence-electron chi connectivity index (χ4n) is 5.29. The number of nitrogen functional groups attached to an aromatic ring is 1. The van der Waals surface area contributed by atoms with Crippen LogP contribution in [-0.2, 0) is 25.5 Å². The number of hydrogen-bond acceptors (Lipinski definition) is 11. The zero-order valence-corrected chi connectivity index (χ0v) is 21.7. The van der Waals surface area contributed by atoms with Gasteiger partial charge in [-0.1, -0.05) is 0 Å². The van der Waals surface area contributed by atoms with Gasteiger partial charge < -0.3 is 41.0 Å². The van der Waals surface area contributed by atoms with E-state index in [9.17, 15) is 24.6 Å². The predicted molar refractivity (Wildman–Crippen MR) is 135 cm³/mol. The van der Waals surface area contributed by atoms with Crippen molar-refractivity contribution in [2.75, 3.05) is 38.5 Å². The highest BCUT2D eigenvalue weighted by Crippen LogP contribution is 2.32. The summed E-state index contributed by atoms with van der Waals surface area (Å²) in [5.74, 6) is -0.0468. The quantitative estimate of drug-likeness (QED) is 0.275. The summed E-state index contributed by atoms with van der Waals surface area (Å²) in [5, 5.41) is 26.3. The number of nitrogens with zero attached hydrogens (tertiary/aromatic N) is 5. The van der Waals surface area contributed by atoms with E-state index >= 15 is 0 Å². The van der Waals surface area contributed by atoms with Crippen LogP contribution in [0.2, 0.25) is 0 Å². The number of imidazole rings is 1. The van der Waals surface area contributed by atoms with Crippen LogP contribution in [0.5, 0.6) is 0 Å². The fraction of sp³-hybridized carbons (Fsp3) is 0.667. The van der Waals surface area contributed by atoms with Gasteiger partial charge in [0, 0.05) is 32.6 Å². The summed E-state index contributed by atoms with van der Waals surface area (Å²) < 4.78 is 12.5. The van der Waals surface area contributed by atoms with E-state index in [2.05, 4.69) is 25.6 Å². The smallest absolute Gasteiger partial charge is 0.409 e. The summed E-state index contributed by atoms with van der Waals surface area (Å²) in [7, 11) is 0. The molecular weight excluding hydrogens is 512 g/mol. The Bertz CT molecular complexity index is 1230. The average molecular weight is 547 g/mol. The number of anilines is 1. The molecule has 15 heteroatoms. The number of carbonyl (C=O) groups is 3. The Kier molecular flexibility index (Phi) is 7.81. The largest absolute Gasteiger partial charge is 0.449 e. The number of likely N-dealkylation sites (N-methyl/N-ethyl adjacent to an activating group) is 1. The van der Waals surface area contributed by atoms with Crippen molar-refractivity contribution in [3.05, 3.63) is 12.2 Å². The molecule has 5 rings (SSSR count). The van der Waals surface area contributed by atoms with Crippen molar-refractivity contribution in [2.45, 2.75) is 57.1 Å². The molecule has 3 amide bonds. The summed E-state index contributed by atoms with van der Waals surface area (Å²) in [5.41, 5.74) is 6.81. The molecule has 0 radical (unpaired) electrons. The predicted octanol–water partition coefficient (Wildman–Crippen LogP) is -1.31. The number of rotatable bonds is 7. The van der Waals surface area contributed by atoms with E-state index in [4.69, 9.17) is 15.2 Å². The molecular formula is C24H34N8O7. The molecule has 0 aliphatic carbocycles. The van der Waals surface area contributed by atoms with Gasteiger partial charge in [-0.05, 0) is 32.1 Å². The maximum absolute atomic E-state index is 12.4. The van der Waals surface area contributed by atoms with Gasteiger partial charge in [0.1, 0.15) is 30.2 Å². The number of carbonyl (C=O) groups excluding carboxylic acids is 3. The van der Waals surface area contributed by atoms with Gasteiger partial charge in [0.25, 0.3) is 5.91 Å². The lowest BCUT2D eigenvalue weighted by Gasteiger charge is -2.31. The zero-order chi connectivity index (χ0) is 27.7. The Morgan fingerprint density at radius 2 is 2.00 bits per heavy atom. The van der Waals surface area contributed by atoms with Crippen molar-refractivity contribution in [3.8, 4) is 0 Å². The summed E-state index contributed by atoms with van der Waals surface area (Å²) in [6.07, 6.45) is -1.57. The number of amides is 3. The summed E-state index contributed by atoms with van der Waals surface area (Å²) in [4.78, 5) is 51.3. The van der Waals surface area contributed by atoms with Crippen molar-refractivity contribution >= 4 is 34.9 Å². The molecule has 6 N–H and O–H groups in total. The molecule has 0 saturated carbocycles. The number of ether oxygens (including phenoxy) is 2. The van der Waals surface area contributed by atoms with Crippen LogP contribution in [0, 0.1) is 11.8 Å². The Balaban J connectivity index is 1.22. The molecule has 15 nitrogen and oxygen atoms in total. The second-order valence-corrected chi connectivity index (χ2v) is 10.2. The van der Waals surface area contributed by atoms with Crippen LogP contribution in [0.15, 0.2) is 6.33 Å². The highest BCUT2D eigenvalue weighted by molar-refractivity contribution is 5.83. The van der Waals surface area contributed by atoms with E-state index in [1.165, 1.54) is 10.9 Å². The lowest BCUT2D eigenvalue weighted by Crippen LogP contribution is -2.42. The normalized spacial score (nSPS) is 27.6. The Hall–Kier alpha value is -3.56. The Labute approximate surface area is 224 Å². The minimum atomic E-state index is -1.43. The number of hydrogen-bond donors (Lipinski definition) is 5. The lowest BCUT2D eigenvalue weighted by atomic mass is 9.93. The highest BCUT2D eigenvalue weighted by atomic mass is 16.6. The van der Waals surface area contributed by atoms with E-state index in [1.807, 2.05) is 0 Å². The third-order valence-electron chi connectivity index (χ3n) is 7.53. The lowest BCUT2D eigenvalue weighted by molar-refractivity contribution is -0.137. The second kappa shape index (κ2) is 11.3. The van der Waals surface area contributed by atoms with E-state index in [0.717, 1.165) is 0 Å². The van der Waals surface area contributed by atoms with Crippen LogP contribution in [0.25, 0.3) is 11.2 Å². The van der Waals surface area contributed by atoms with Gasteiger partial charge >= 0.3 is 6.09 Å². The first kappa shape index (κ1) is 27.0. The van der Waals surface area contributed by atoms with Gasteiger partial charge in [-0.15, -0.1) is 0 Å². The van der Waals surface area contributed by atoms with Gasteiger partial charge in [0.05, 0.1) is 12.2 Å². The number of nitrogens with one attached hydrogen (secondary N) is 2. The molecule has 212 valence electrons. The van der Waals surface area contributed by atoms with E-state index in [0.29, 0.717) is 68.9 Å². The number of fused-ring (bicyclic) bond motifs is 1. The first-order chi connectivity index (χ1) is 18.8. The monoisotopic (exact) mass is 546 g/mol. The van der Waals surface area contributed by atoms with Crippen molar-refractivity contribution in [2.24, 2.45) is 11.8 Å². The molecule has 39 heavy (non-hydrogen) atoms. The third-order valence-corrected chi connectivity index (χ3v) is 7.53. The summed E-state index contributed by atoms with van der Waals surface area (Å²) in [6.45, 7) is 3.82. The van der Waals surface area contributed by atoms with Crippen molar-refractivity contribution in [1.29, 1.82) is 0 Å². The van der Waals surface area contributed by atoms with E-state index < -0.39 is 36.5 Å². The highest BCUT2D eigenvalue weighted by Gasteiger charge is 2.47. The van der Waals surface area contributed by atoms with Crippen molar-refractivity contribution < 1.29 is 34.1 Å². The van der Waals surface area contributed by atoms with E-state index in [-0.39, 0.29) is 30.2 Å². The molecule has 0 bridgehead atoms. The molecule has 0 aromatic carbocycles. The first-order valence-corrected chi connectivity index (χ1v) is 13.2. The topological polar surface area (TPSA) is 207 Å². The van der Waals surface area contributed by atoms with Crippen LogP contribution in [-0.4, -0.2) is 104 Å². The van der Waals surface area contributed by atoms with Gasteiger partial charge in [-0.2, -0.15) is 0 Å². The Morgan fingerprint density at radius 3 is 2.69 bits per heavy atom. The van der Waals surface area contributed by atoms with Gasteiger partial charge in [0.2, 0.25) is 5.91 Å². The molecule has 2 aromatic rings. The minimum Gasteiger partial charge on any atom is -0.449 e. The van der Waals surface area contributed by atoms with Crippen LogP contribution < -0.4 is 16.4 Å². The molecule has 5 heterocycles. The summed E-state index contributed by atoms with van der Waals surface area (Å²) in [6, 6.07) is 0. The molecule has 0 spiro atoms. The Morgan fingerprint density at radius 1 is 1.23 bits per heavy atom. The zero-order valence-electron chi connectivity index (χ0n) is 21.7. The SMILES string of the molecule is CCNC(=O)[C@H]1O[C@@H](n2cnc3c(N)nc(CC4CCN(C(=O)OCC5CCNC5=O)CC4)nc32)C(O)C1O.